The zero-order chi connectivity index (χ0) is 13.9. The molecule has 19 heavy (non-hydrogen) atoms. The quantitative estimate of drug-likeness (QED) is 0.838. The van der Waals surface area contributed by atoms with Gasteiger partial charge in [0.1, 0.15) is 0 Å². The molecule has 6 heteroatoms. The summed E-state index contributed by atoms with van der Waals surface area (Å²) >= 11 is 8.95. The molecule has 0 amide bonds. The highest BCUT2D eigenvalue weighted by molar-refractivity contribution is 9.10. The maximum atomic E-state index is 12.1. The molecule has 100 valence electrons. The number of anilines is 1. The molecule has 1 N–H and O–H groups in total. The van der Waals surface area contributed by atoms with Crippen molar-refractivity contribution in [1.82, 2.24) is 0 Å². The Morgan fingerprint density at radius 1 is 1.00 bits per heavy atom. The van der Waals surface area contributed by atoms with Gasteiger partial charge in [-0.05, 0) is 42.0 Å². The number of hydrogen-bond donors (Lipinski definition) is 1. The minimum atomic E-state index is -3.55. The molecular formula is C13H11BrClNO2S. The third-order valence-corrected chi connectivity index (χ3v) is 4.72. The van der Waals surface area contributed by atoms with Crippen molar-refractivity contribution in [3.8, 4) is 0 Å². The summed E-state index contributed by atoms with van der Waals surface area (Å²) in [6.45, 7) is 0. The van der Waals surface area contributed by atoms with Gasteiger partial charge in [0.25, 0.3) is 10.0 Å². The van der Waals surface area contributed by atoms with Gasteiger partial charge in [0.05, 0.1) is 4.90 Å². The van der Waals surface area contributed by atoms with Gasteiger partial charge < -0.3 is 0 Å². The number of sulfonamides is 1. The molecule has 0 saturated carbocycles. The minimum Gasteiger partial charge on any atom is -0.280 e. The molecule has 0 heterocycles. The first kappa shape index (κ1) is 14.4. The first-order valence-electron chi connectivity index (χ1n) is 5.44. The van der Waals surface area contributed by atoms with Crippen LogP contribution in [0.4, 0.5) is 5.69 Å². The Hall–Kier alpha value is -1.04. The van der Waals surface area contributed by atoms with E-state index < -0.39 is 10.0 Å². The topological polar surface area (TPSA) is 46.2 Å². The Kier molecular flexibility index (Phi) is 4.50. The van der Waals surface area contributed by atoms with Gasteiger partial charge in [0, 0.05) is 16.0 Å². The van der Waals surface area contributed by atoms with Gasteiger partial charge in [-0.15, -0.1) is 11.6 Å². The minimum absolute atomic E-state index is 0.220. The van der Waals surface area contributed by atoms with Crippen molar-refractivity contribution in [3.63, 3.8) is 0 Å². The second-order valence-electron chi connectivity index (χ2n) is 3.89. The molecule has 0 fully saturated rings. The van der Waals surface area contributed by atoms with Crippen LogP contribution < -0.4 is 4.72 Å². The Morgan fingerprint density at radius 2 is 1.58 bits per heavy atom. The second-order valence-corrected chi connectivity index (χ2v) is 6.76. The summed E-state index contributed by atoms with van der Waals surface area (Å²) in [6.07, 6.45) is 0. The molecule has 0 unspecified atom stereocenters. The summed E-state index contributed by atoms with van der Waals surface area (Å²) in [4.78, 5) is 0.220. The molecule has 0 spiro atoms. The van der Waals surface area contributed by atoms with E-state index >= 15 is 0 Å². The zero-order valence-corrected chi connectivity index (χ0v) is 13.0. The van der Waals surface area contributed by atoms with Crippen molar-refractivity contribution in [3.05, 3.63) is 58.6 Å². The lowest BCUT2D eigenvalue weighted by Gasteiger charge is -2.08. The van der Waals surface area contributed by atoms with Crippen molar-refractivity contribution in [2.75, 3.05) is 4.72 Å². The van der Waals surface area contributed by atoms with Crippen LogP contribution in [0.25, 0.3) is 0 Å². The van der Waals surface area contributed by atoms with Crippen molar-refractivity contribution < 1.29 is 8.42 Å². The lowest BCUT2D eigenvalue weighted by molar-refractivity contribution is 0.601. The highest BCUT2D eigenvalue weighted by Crippen LogP contribution is 2.19. The molecular weight excluding hydrogens is 350 g/mol. The van der Waals surface area contributed by atoms with E-state index in [0.717, 1.165) is 10.0 Å². The first-order valence-corrected chi connectivity index (χ1v) is 8.25. The first-order chi connectivity index (χ1) is 9.01. The number of nitrogens with one attached hydrogen (secondary N) is 1. The van der Waals surface area contributed by atoms with Gasteiger partial charge in [-0.2, -0.15) is 0 Å². The van der Waals surface area contributed by atoms with Crippen molar-refractivity contribution >= 4 is 43.2 Å². The van der Waals surface area contributed by atoms with E-state index in [1.54, 1.807) is 48.5 Å². The third-order valence-electron chi connectivity index (χ3n) is 2.48. The second kappa shape index (κ2) is 5.94. The molecule has 0 bridgehead atoms. The summed E-state index contributed by atoms with van der Waals surface area (Å²) in [5.74, 6) is 0.403. The maximum Gasteiger partial charge on any atom is 0.261 e. The van der Waals surface area contributed by atoms with Gasteiger partial charge in [-0.25, -0.2) is 8.42 Å². The number of hydrogen-bond acceptors (Lipinski definition) is 2. The van der Waals surface area contributed by atoms with Gasteiger partial charge >= 0.3 is 0 Å². The van der Waals surface area contributed by atoms with Gasteiger partial charge in [0.2, 0.25) is 0 Å². The van der Waals surface area contributed by atoms with E-state index in [1.807, 2.05) is 0 Å². The van der Waals surface area contributed by atoms with Gasteiger partial charge in [0.15, 0.2) is 0 Å². The highest BCUT2D eigenvalue weighted by Gasteiger charge is 2.13. The normalized spacial score (nSPS) is 11.3. The van der Waals surface area contributed by atoms with E-state index in [1.165, 1.54) is 0 Å². The summed E-state index contributed by atoms with van der Waals surface area (Å²) in [5.41, 5.74) is 1.45. The summed E-state index contributed by atoms with van der Waals surface area (Å²) in [7, 11) is -3.55. The van der Waals surface area contributed by atoms with Crippen molar-refractivity contribution in [1.29, 1.82) is 0 Å². The standard InChI is InChI=1S/C13H11BrClNO2S/c14-11-3-7-13(8-4-11)19(17,18)16-12-5-1-10(9-15)2-6-12/h1-8,16H,9H2. The Bertz CT molecular complexity index is 654. The SMILES string of the molecule is O=S(=O)(Nc1ccc(CCl)cc1)c1ccc(Br)cc1. The summed E-state index contributed by atoms with van der Waals surface area (Å²) in [6, 6.07) is 13.4. The number of benzene rings is 2. The molecule has 0 aliphatic heterocycles. The molecule has 0 radical (unpaired) electrons. The fraction of sp³-hybridized carbons (Fsp3) is 0.0769. The Morgan fingerprint density at radius 3 is 2.11 bits per heavy atom. The number of halogens is 2. The molecule has 2 rings (SSSR count). The fourth-order valence-electron chi connectivity index (χ4n) is 1.49. The van der Waals surface area contributed by atoms with Crippen LogP contribution in [0.15, 0.2) is 57.9 Å². The van der Waals surface area contributed by atoms with E-state index in [2.05, 4.69) is 20.7 Å². The van der Waals surface area contributed by atoms with Crippen LogP contribution in [0.3, 0.4) is 0 Å². The van der Waals surface area contributed by atoms with Crippen LogP contribution in [0, 0.1) is 0 Å². The van der Waals surface area contributed by atoms with Crippen LogP contribution >= 0.6 is 27.5 Å². The Labute approximate surface area is 125 Å². The lowest BCUT2D eigenvalue weighted by atomic mass is 10.2. The predicted octanol–water partition coefficient (Wildman–Crippen LogP) is 3.99. The number of rotatable bonds is 4. The average Bonchev–Trinajstić information content (AvgIpc) is 2.40. The van der Waals surface area contributed by atoms with E-state index in [9.17, 15) is 8.42 Å². The molecule has 2 aromatic rings. The molecule has 0 atom stereocenters. The molecule has 0 saturated heterocycles. The average molecular weight is 361 g/mol. The van der Waals surface area contributed by atoms with E-state index in [0.29, 0.717) is 11.6 Å². The van der Waals surface area contributed by atoms with Crippen molar-refractivity contribution in [2.24, 2.45) is 0 Å². The lowest BCUT2D eigenvalue weighted by Crippen LogP contribution is -2.12. The molecule has 0 aliphatic rings. The third kappa shape index (κ3) is 3.72. The molecule has 2 aromatic carbocycles. The van der Waals surface area contributed by atoms with Crippen LogP contribution in [0.2, 0.25) is 0 Å². The summed E-state index contributed by atoms with van der Waals surface area (Å²) in [5, 5.41) is 0. The van der Waals surface area contributed by atoms with Crippen molar-refractivity contribution in [2.45, 2.75) is 10.8 Å². The van der Waals surface area contributed by atoms with E-state index in [4.69, 9.17) is 11.6 Å². The van der Waals surface area contributed by atoms with Crippen LogP contribution in [-0.4, -0.2) is 8.42 Å². The van der Waals surface area contributed by atoms with Crippen LogP contribution in [0.1, 0.15) is 5.56 Å². The zero-order valence-electron chi connectivity index (χ0n) is 9.81. The molecule has 0 aromatic heterocycles. The van der Waals surface area contributed by atoms with E-state index in [-0.39, 0.29) is 4.90 Å². The van der Waals surface area contributed by atoms with Gasteiger partial charge in [-0.1, -0.05) is 28.1 Å². The molecule has 3 nitrogen and oxygen atoms in total. The van der Waals surface area contributed by atoms with Gasteiger partial charge in [-0.3, -0.25) is 4.72 Å². The largest absolute Gasteiger partial charge is 0.280 e. The monoisotopic (exact) mass is 359 g/mol. The smallest absolute Gasteiger partial charge is 0.261 e. The van der Waals surface area contributed by atoms with Crippen LogP contribution in [-0.2, 0) is 15.9 Å². The summed E-state index contributed by atoms with van der Waals surface area (Å²) < 4.78 is 27.6. The van der Waals surface area contributed by atoms with Crippen LogP contribution in [0.5, 0.6) is 0 Å². The maximum absolute atomic E-state index is 12.1. The fourth-order valence-corrected chi connectivity index (χ4v) is 2.99. The number of alkyl halides is 1. The highest BCUT2D eigenvalue weighted by atomic mass is 79.9. The molecule has 0 aliphatic carbocycles. The Balaban J connectivity index is 2.23. The predicted molar refractivity (Wildman–Crippen MR) is 80.9 cm³/mol.